The quantitative estimate of drug-likeness (QED) is 0.296. The van der Waals surface area contributed by atoms with Gasteiger partial charge in [-0.15, -0.1) is 0 Å². The van der Waals surface area contributed by atoms with E-state index in [4.69, 9.17) is 5.84 Å². The van der Waals surface area contributed by atoms with Crippen LogP contribution in [0.1, 0.15) is 34.4 Å². The summed E-state index contributed by atoms with van der Waals surface area (Å²) in [4.78, 5) is 7.92. The van der Waals surface area contributed by atoms with E-state index in [9.17, 15) is 0 Å². The SMILES string of the molecule is Cc1cc(Nc2ccnc3c2CCC3)ccc1N(N)CCc1c[nH]c2c(C)cccc12. The van der Waals surface area contributed by atoms with Crippen molar-refractivity contribution in [3.05, 3.63) is 82.8 Å². The molecule has 0 saturated heterocycles. The van der Waals surface area contributed by atoms with Crippen molar-refractivity contribution in [1.82, 2.24) is 9.97 Å². The number of hydrazine groups is 1. The zero-order valence-electron chi connectivity index (χ0n) is 18.2. The first kappa shape index (κ1) is 19.6. The van der Waals surface area contributed by atoms with Crippen LogP contribution < -0.4 is 16.2 Å². The molecule has 158 valence electrons. The minimum atomic E-state index is 0.756. The highest BCUT2D eigenvalue weighted by Crippen LogP contribution is 2.31. The van der Waals surface area contributed by atoms with Crippen LogP contribution in [-0.2, 0) is 19.3 Å². The highest BCUT2D eigenvalue weighted by molar-refractivity contribution is 5.85. The van der Waals surface area contributed by atoms with E-state index in [1.165, 1.54) is 45.4 Å². The number of nitrogens with zero attached hydrogens (tertiary/aromatic N) is 2. The lowest BCUT2D eigenvalue weighted by Crippen LogP contribution is -2.33. The van der Waals surface area contributed by atoms with Gasteiger partial charge < -0.3 is 15.3 Å². The Labute approximate surface area is 183 Å². The zero-order chi connectivity index (χ0) is 21.4. The third-order valence-electron chi connectivity index (χ3n) is 6.40. The van der Waals surface area contributed by atoms with Crippen LogP contribution in [0.5, 0.6) is 0 Å². The second kappa shape index (κ2) is 8.08. The lowest BCUT2D eigenvalue weighted by Gasteiger charge is -2.22. The Bertz CT molecular complexity index is 1240. The second-order valence-electron chi connectivity index (χ2n) is 8.52. The molecule has 31 heavy (non-hydrogen) atoms. The van der Waals surface area contributed by atoms with Crippen molar-refractivity contribution in [2.45, 2.75) is 39.5 Å². The van der Waals surface area contributed by atoms with E-state index in [0.717, 1.165) is 42.7 Å². The number of hydrogen-bond acceptors (Lipinski definition) is 4. The fourth-order valence-electron chi connectivity index (χ4n) is 4.72. The summed E-state index contributed by atoms with van der Waals surface area (Å²) in [6, 6.07) is 14.9. The average molecular weight is 412 g/mol. The molecule has 0 aliphatic heterocycles. The zero-order valence-corrected chi connectivity index (χ0v) is 18.2. The largest absolute Gasteiger partial charge is 0.361 e. The van der Waals surface area contributed by atoms with E-state index in [1.807, 2.05) is 11.2 Å². The number of anilines is 3. The highest BCUT2D eigenvalue weighted by atomic mass is 15.4. The van der Waals surface area contributed by atoms with Gasteiger partial charge in [0.25, 0.3) is 0 Å². The summed E-state index contributed by atoms with van der Waals surface area (Å²) in [5, 5.41) is 6.73. The van der Waals surface area contributed by atoms with Gasteiger partial charge in [0.1, 0.15) is 0 Å². The van der Waals surface area contributed by atoms with Gasteiger partial charge in [-0.3, -0.25) is 4.98 Å². The van der Waals surface area contributed by atoms with Gasteiger partial charge in [-0.1, -0.05) is 18.2 Å². The van der Waals surface area contributed by atoms with Gasteiger partial charge in [0, 0.05) is 46.9 Å². The van der Waals surface area contributed by atoms with Gasteiger partial charge in [0.2, 0.25) is 0 Å². The maximum absolute atomic E-state index is 6.46. The molecule has 0 spiro atoms. The van der Waals surface area contributed by atoms with E-state index in [1.54, 1.807) is 0 Å². The molecule has 0 fully saturated rings. The van der Waals surface area contributed by atoms with Crippen LogP contribution in [0.15, 0.2) is 54.9 Å². The van der Waals surface area contributed by atoms with Gasteiger partial charge in [-0.25, -0.2) is 5.84 Å². The number of hydrogen-bond donors (Lipinski definition) is 3. The molecule has 2 aromatic heterocycles. The Balaban J connectivity index is 1.29. The normalized spacial score (nSPS) is 12.9. The van der Waals surface area contributed by atoms with Gasteiger partial charge >= 0.3 is 0 Å². The average Bonchev–Trinajstić information content (AvgIpc) is 3.40. The summed E-state index contributed by atoms with van der Waals surface area (Å²) in [6.07, 6.45) is 8.28. The molecule has 4 N–H and O–H groups in total. The fraction of sp³-hybridized carbons (Fsp3) is 0.269. The maximum atomic E-state index is 6.46. The first-order valence-corrected chi connectivity index (χ1v) is 11.0. The first-order chi connectivity index (χ1) is 15.1. The van der Waals surface area contributed by atoms with E-state index < -0.39 is 0 Å². The summed E-state index contributed by atoms with van der Waals surface area (Å²) in [7, 11) is 0. The smallest absolute Gasteiger partial charge is 0.0547 e. The predicted molar refractivity (Wildman–Crippen MR) is 129 cm³/mol. The second-order valence-corrected chi connectivity index (χ2v) is 8.52. The first-order valence-electron chi connectivity index (χ1n) is 11.0. The summed E-state index contributed by atoms with van der Waals surface area (Å²) >= 11 is 0. The molecule has 1 aliphatic rings. The van der Waals surface area contributed by atoms with Crippen LogP contribution in [0.3, 0.4) is 0 Å². The van der Waals surface area contributed by atoms with Crippen molar-refractivity contribution in [1.29, 1.82) is 0 Å². The number of pyridine rings is 1. The Kier molecular flexibility index (Phi) is 5.12. The van der Waals surface area contributed by atoms with Crippen LogP contribution in [0, 0.1) is 13.8 Å². The number of para-hydroxylation sites is 1. The Hall–Kier alpha value is -3.31. The van der Waals surface area contributed by atoms with Crippen molar-refractivity contribution >= 4 is 28.0 Å². The third kappa shape index (κ3) is 3.77. The number of nitrogens with one attached hydrogen (secondary N) is 2. The third-order valence-corrected chi connectivity index (χ3v) is 6.40. The lowest BCUT2D eigenvalue weighted by atomic mass is 10.1. The molecule has 0 bridgehead atoms. The molecule has 4 aromatic rings. The van der Waals surface area contributed by atoms with Crippen molar-refractivity contribution in [3.8, 4) is 0 Å². The maximum Gasteiger partial charge on any atom is 0.0547 e. The van der Waals surface area contributed by atoms with Crippen LogP contribution >= 0.6 is 0 Å². The summed E-state index contributed by atoms with van der Waals surface area (Å²) in [5.74, 6) is 6.46. The summed E-state index contributed by atoms with van der Waals surface area (Å²) in [5.41, 5.74) is 10.9. The molecule has 0 amide bonds. The van der Waals surface area contributed by atoms with Gasteiger partial charge in [-0.05, 0) is 86.1 Å². The van der Waals surface area contributed by atoms with Crippen LogP contribution in [-0.4, -0.2) is 16.5 Å². The number of rotatable bonds is 6. The minimum Gasteiger partial charge on any atom is -0.361 e. The van der Waals surface area contributed by atoms with Crippen molar-refractivity contribution in [2.75, 3.05) is 16.9 Å². The molecule has 0 atom stereocenters. The number of aromatic nitrogens is 2. The number of nitrogens with two attached hydrogens (primary N) is 1. The molecule has 0 radical (unpaired) electrons. The molecule has 5 heteroatoms. The molecule has 0 saturated carbocycles. The molecular weight excluding hydrogens is 382 g/mol. The monoisotopic (exact) mass is 411 g/mol. The van der Waals surface area contributed by atoms with Crippen LogP contribution in [0.2, 0.25) is 0 Å². The molecule has 1 aliphatic carbocycles. The molecule has 0 unspecified atom stereocenters. The number of aromatic amines is 1. The highest BCUT2D eigenvalue weighted by Gasteiger charge is 2.16. The predicted octanol–water partition coefficient (Wildman–Crippen LogP) is 5.33. The topological polar surface area (TPSA) is 70.0 Å². The minimum absolute atomic E-state index is 0.756. The van der Waals surface area contributed by atoms with Gasteiger partial charge in [0.05, 0.1) is 5.69 Å². The number of benzene rings is 2. The molecule has 5 rings (SSSR count). The molecule has 5 nitrogen and oxygen atoms in total. The number of fused-ring (bicyclic) bond motifs is 2. The van der Waals surface area contributed by atoms with Crippen molar-refractivity contribution in [3.63, 3.8) is 0 Å². The van der Waals surface area contributed by atoms with Crippen LogP contribution in [0.4, 0.5) is 17.1 Å². The van der Waals surface area contributed by atoms with Crippen LogP contribution in [0.25, 0.3) is 10.9 Å². The summed E-state index contributed by atoms with van der Waals surface area (Å²) in [6.45, 7) is 5.01. The van der Waals surface area contributed by atoms with E-state index >= 15 is 0 Å². The van der Waals surface area contributed by atoms with Crippen molar-refractivity contribution in [2.24, 2.45) is 5.84 Å². The molecule has 2 aromatic carbocycles. The summed E-state index contributed by atoms with van der Waals surface area (Å²) < 4.78 is 0. The Morgan fingerprint density at radius 1 is 1.10 bits per heavy atom. The number of H-pyrrole nitrogens is 1. The lowest BCUT2D eigenvalue weighted by molar-refractivity contribution is 0.824. The van der Waals surface area contributed by atoms with E-state index in [2.05, 4.69) is 77.8 Å². The Morgan fingerprint density at radius 2 is 2.00 bits per heavy atom. The van der Waals surface area contributed by atoms with Gasteiger partial charge in [-0.2, -0.15) is 0 Å². The Morgan fingerprint density at radius 3 is 2.87 bits per heavy atom. The van der Waals surface area contributed by atoms with E-state index in [0.29, 0.717) is 0 Å². The molecule has 2 heterocycles. The van der Waals surface area contributed by atoms with E-state index in [-0.39, 0.29) is 0 Å². The van der Waals surface area contributed by atoms with Gasteiger partial charge in [0.15, 0.2) is 0 Å². The molecular formula is C26H29N5. The van der Waals surface area contributed by atoms with Crippen molar-refractivity contribution < 1.29 is 0 Å². The number of aryl methyl sites for hydroxylation is 3. The fourth-order valence-corrected chi connectivity index (χ4v) is 4.72. The standard InChI is InChI=1S/C26H29N5/c1-17-5-3-6-21-19(16-29-26(17)21)12-14-31(27)25-10-9-20(15-18(25)2)30-24-11-13-28-23-8-4-7-22(23)24/h3,5-6,9-11,13,15-16,29H,4,7-8,12,14,27H2,1-2H3,(H,28,30).